The van der Waals surface area contributed by atoms with Crippen LogP contribution in [0.3, 0.4) is 0 Å². The molecule has 3 aromatic heterocycles. The third-order valence-corrected chi connectivity index (χ3v) is 5.30. The molecule has 4 rings (SSSR count). The maximum atomic E-state index is 12.1. The molecule has 0 spiro atoms. The van der Waals surface area contributed by atoms with Gasteiger partial charge in [0, 0.05) is 31.9 Å². The van der Waals surface area contributed by atoms with E-state index in [9.17, 15) is 9.59 Å². The van der Waals surface area contributed by atoms with Crippen LogP contribution in [0, 0.1) is 0 Å². The molecule has 4 heterocycles. The van der Waals surface area contributed by atoms with E-state index < -0.39 is 0 Å². The summed E-state index contributed by atoms with van der Waals surface area (Å²) in [6.45, 7) is 3.55. The van der Waals surface area contributed by atoms with Crippen molar-refractivity contribution >= 4 is 28.2 Å². The number of nitrogens with one attached hydrogen (secondary N) is 2. The Labute approximate surface area is 168 Å². The second kappa shape index (κ2) is 7.87. The van der Waals surface area contributed by atoms with Crippen LogP contribution in [0.1, 0.15) is 35.0 Å². The molecule has 0 unspecified atom stereocenters. The third kappa shape index (κ3) is 3.76. The molecule has 0 saturated carbocycles. The van der Waals surface area contributed by atoms with E-state index in [-0.39, 0.29) is 11.5 Å². The minimum absolute atomic E-state index is 0.0486. The Morgan fingerprint density at radius 3 is 2.76 bits per heavy atom. The SMILES string of the molecule is CCc1cc2ncc(N3CC=C(c4ccc(C(=O)NC)nc4)CC3)cc2[nH]c1=O. The summed E-state index contributed by atoms with van der Waals surface area (Å²) in [7, 11) is 1.59. The van der Waals surface area contributed by atoms with Crippen molar-refractivity contribution in [1.82, 2.24) is 20.3 Å². The molecular weight excluding hydrogens is 366 g/mol. The molecular formula is C22H23N5O2. The van der Waals surface area contributed by atoms with E-state index in [0.29, 0.717) is 12.1 Å². The number of nitrogens with zero attached hydrogens (tertiary/aromatic N) is 3. The second-order valence-electron chi connectivity index (χ2n) is 7.04. The van der Waals surface area contributed by atoms with E-state index in [1.807, 2.05) is 31.3 Å². The predicted molar refractivity (Wildman–Crippen MR) is 114 cm³/mol. The fourth-order valence-corrected chi connectivity index (χ4v) is 3.56. The molecule has 7 nitrogen and oxygen atoms in total. The van der Waals surface area contributed by atoms with Gasteiger partial charge in [0.15, 0.2) is 0 Å². The number of rotatable bonds is 4. The smallest absolute Gasteiger partial charge is 0.269 e. The average Bonchev–Trinajstić information content (AvgIpc) is 2.78. The number of aromatic nitrogens is 3. The van der Waals surface area contributed by atoms with Crippen LogP contribution in [-0.4, -0.2) is 41.0 Å². The van der Waals surface area contributed by atoms with Crippen molar-refractivity contribution in [3.05, 3.63) is 69.9 Å². The number of aryl methyl sites for hydroxylation is 1. The van der Waals surface area contributed by atoms with Gasteiger partial charge >= 0.3 is 0 Å². The van der Waals surface area contributed by atoms with Crippen LogP contribution in [0.2, 0.25) is 0 Å². The Hall–Kier alpha value is -3.48. The molecule has 3 aromatic rings. The predicted octanol–water partition coefficient (Wildman–Crippen LogP) is 2.53. The Morgan fingerprint density at radius 2 is 2.10 bits per heavy atom. The minimum Gasteiger partial charge on any atom is -0.366 e. The molecule has 0 saturated heterocycles. The van der Waals surface area contributed by atoms with E-state index >= 15 is 0 Å². The van der Waals surface area contributed by atoms with Gasteiger partial charge in [-0.2, -0.15) is 0 Å². The third-order valence-electron chi connectivity index (χ3n) is 5.30. The van der Waals surface area contributed by atoms with E-state index in [0.717, 1.165) is 47.4 Å². The summed E-state index contributed by atoms with van der Waals surface area (Å²) < 4.78 is 0. The number of carbonyl (C=O) groups excluding carboxylic acids is 1. The number of H-pyrrole nitrogens is 1. The maximum Gasteiger partial charge on any atom is 0.269 e. The van der Waals surface area contributed by atoms with Crippen LogP contribution in [-0.2, 0) is 6.42 Å². The number of fused-ring (bicyclic) bond motifs is 1. The average molecular weight is 389 g/mol. The fourth-order valence-electron chi connectivity index (χ4n) is 3.56. The molecule has 1 aliphatic heterocycles. The lowest BCUT2D eigenvalue weighted by molar-refractivity contribution is 0.0958. The summed E-state index contributed by atoms with van der Waals surface area (Å²) in [5.41, 5.74) is 5.91. The van der Waals surface area contributed by atoms with Crippen LogP contribution in [0.15, 0.2) is 47.5 Å². The first-order valence-electron chi connectivity index (χ1n) is 9.73. The number of hydrogen-bond acceptors (Lipinski definition) is 5. The van der Waals surface area contributed by atoms with Crippen LogP contribution in [0.5, 0.6) is 0 Å². The van der Waals surface area contributed by atoms with Gasteiger partial charge < -0.3 is 15.2 Å². The van der Waals surface area contributed by atoms with Crippen LogP contribution in [0.4, 0.5) is 5.69 Å². The highest BCUT2D eigenvalue weighted by atomic mass is 16.1. The van der Waals surface area contributed by atoms with Crippen LogP contribution >= 0.6 is 0 Å². The molecule has 1 amide bonds. The van der Waals surface area contributed by atoms with E-state index in [1.54, 1.807) is 19.3 Å². The Morgan fingerprint density at radius 1 is 1.24 bits per heavy atom. The normalized spacial score (nSPS) is 14.0. The number of carbonyl (C=O) groups is 1. The lowest BCUT2D eigenvalue weighted by Crippen LogP contribution is -2.28. The summed E-state index contributed by atoms with van der Waals surface area (Å²) in [6, 6.07) is 7.53. The van der Waals surface area contributed by atoms with E-state index in [2.05, 4.69) is 31.2 Å². The zero-order valence-electron chi connectivity index (χ0n) is 16.5. The first-order valence-corrected chi connectivity index (χ1v) is 9.73. The van der Waals surface area contributed by atoms with Gasteiger partial charge in [-0.1, -0.05) is 19.1 Å². The van der Waals surface area contributed by atoms with Gasteiger partial charge in [-0.15, -0.1) is 0 Å². The topological polar surface area (TPSA) is 91.0 Å². The summed E-state index contributed by atoms with van der Waals surface area (Å²) >= 11 is 0. The van der Waals surface area contributed by atoms with Crippen LogP contribution in [0.25, 0.3) is 16.6 Å². The number of aromatic amines is 1. The van der Waals surface area contributed by atoms with E-state index in [4.69, 9.17) is 0 Å². The van der Waals surface area contributed by atoms with Crippen LogP contribution < -0.4 is 15.8 Å². The Kier molecular flexibility index (Phi) is 5.12. The molecule has 0 atom stereocenters. The van der Waals surface area contributed by atoms with Gasteiger partial charge in [0.25, 0.3) is 11.5 Å². The Balaban J connectivity index is 1.53. The number of hydrogen-bond donors (Lipinski definition) is 2. The number of amides is 1. The van der Waals surface area contributed by atoms with Gasteiger partial charge in [0.05, 0.1) is 22.9 Å². The Bertz CT molecular complexity index is 1150. The highest BCUT2D eigenvalue weighted by molar-refractivity contribution is 5.92. The van der Waals surface area contributed by atoms with Crippen molar-refractivity contribution in [3.63, 3.8) is 0 Å². The van der Waals surface area contributed by atoms with E-state index in [1.165, 1.54) is 5.57 Å². The molecule has 1 aliphatic rings. The molecule has 2 N–H and O–H groups in total. The molecule has 0 aromatic carbocycles. The summed E-state index contributed by atoms with van der Waals surface area (Å²) in [5, 5.41) is 2.58. The van der Waals surface area contributed by atoms with Gasteiger partial charge in [0.1, 0.15) is 5.69 Å². The summed E-state index contributed by atoms with van der Waals surface area (Å²) in [6.07, 6.45) is 7.34. The first-order chi connectivity index (χ1) is 14.1. The summed E-state index contributed by atoms with van der Waals surface area (Å²) in [5.74, 6) is -0.187. The molecule has 0 bridgehead atoms. The zero-order valence-corrected chi connectivity index (χ0v) is 16.5. The second-order valence-corrected chi connectivity index (χ2v) is 7.04. The van der Waals surface area contributed by atoms with Crippen molar-refractivity contribution in [3.8, 4) is 0 Å². The van der Waals surface area contributed by atoms with Crippen molar-refractivity contribution in [2.24, 2.45) is 0 Å². The molecule has 0 fully saturated rings. The summed E-state index contributed by atoms with van der Waals surface area (Å²) in [4.78, 5) is 37.7. The van der Waals surface area contributed by atoms with Crippen molar-refractivity contribution in [1.29, 1.82) is 0 Å². The molecule has 0 aliphatic carbocycles. The maximum absolute atomic E-state index is 12.1. The highest BCUT2D eigenvalue weighted by Crippen LogP contribution is 2.26. The van der Waals surface area contributed by atoms with Gasteiger partial charge in [-0.05, 0) is 42.2 Å². The lowest BCUT2D eigenvalue weighted by atomic mass is 10.0. The quantitative estimate of drug-likeness (QED) is 0.716. The van der Waals surface area contributed by atoms with Crippen molar-refractivity contribution < 1.29 is 4.79 Å². The largest absolute Gasteiger partial charge is 0.366 e. The number of anilines is 1. The number of pyridine rings is 3. The zero-order chi connectivity index (χ0) is 20.4. The van der Waals surface area contributed by atoms with Gasteiger partial charge in [-0.3, -0.25) is 19.6 Å². The van der Waals surface area contributed by atoms with Crippen molar-refractivity contribution in [2.45, 2.75) is 19.8 Å². The standard InChI is InChI=1S/C22H23N5O2/c1-3-14-10-19-20(26-21(14)28)11-17(13-25-19)27-8-6-15(7-9-27)16-4-5-18(24-12-16)22(29)23-2/h4-6,10-13H,3,7-9H2,1-2H3,(H,23,29)(H,26,28). The van der Waals surface area contributed by atoms with Gasteiger partial charge in [-0.25, -0.2) is 0 Å². The highest BCUT2D eigenvalue weighted by Gasteiger charge is 2.15. The lowest BCUT2D eigenvalue weighted by Gasteiger charge is -2.28. The monoisotopic (exact) mass is 389 g/mol. The fraction of sp³-hybridized carbons (Fsp3) is 0.273. The molecule has 7 heteroatoms. The van der Waals surface area contributed by atoms with Gasteiger partial charge in [0.2, 0.25) is 0 Å². The molecule has 29 heavy (non-hydrogen) atoms. The minimum atomic E-state index is -0.187. The molecule has 148 valence electrons. The molecule has 0 radical (unpaired) electrons. The first kappa shape index (κ1) is 18.9. The van der Waals surface area contributed by atoms with Crippen molar-refractivity contribution in [2.75, 3.05) is 25.0 Å².